The molecule has 0 atom stereocenters. The van der Waals surface area contributed by atoms with Crippen LogP contribution in [0.5, 0.6) is 11.5 Å². The fraction of sp³-hybridized carbons (Fsp3) is 0.238. The van der Waals surface area contributed by atoms with E-state index in [1.807, 2.05) is 63.2 Å². The molecule has 2 amide bonds. The van der Waals surface area contributed by atoms with E-state index in [1.54, 1.807) is 6.08 Å². The molecule has 6 nitrogen and oxygen atoms in total. The summed E-state index contributed by atoms with van der Waals surface area (Å²) in [5.41, 5.74) is 7.40. The van der Waals surface area contributed by atoms with Gasteiger partial charge in [0.15, 0.2) is 6.61 Å². The van der Waals surface area contributed by atoms with E-state index >= 15 is 0 Å². The van der Waals surface area contributed by atoms with Gasteiger partial charge in [0, 0.05) is 11.6 Å². The summed E-state index contributed by atoms with van der Waals surface area (Å²) in [5.74, 6) is 0.424. The molecule has 2 N–H and O–H groups in total. The van der Waals surface area contributed by atoms with Crippen LogP contribution in [0.4, 0.5) is 0 Å². The molecule has 0 unspecified atom stereocenters. The minimum atomic E-state index is -0.457. The molecule has 142 valence electrons. The van der Waals surface area contributed by atoms with E-state index in [1.165, 1.54) is 6.08 Å². The lowest BCUT2D eigenvalue weighted by molar-refractivity contribution is -0.128. The molecular weight excluding hydrogens is 344 g/mol. The molecule has 2 rings (SSSR count). The van der Waals surface area contributed by atoms with Crippen molar-refractivity contribution in [1.82, 2.24) is 10.9 Å². The SMILES string of the molecule is CCOc1ccccc1/C=C/C(=O)NNC(=O)COc1cc(C)ccc1C. The summed E-state index contributed by atoms with van der Waals surface area (Å²) < 4.78 is 11.0. The van der Waals surface area contributed by atoms with Gasteiger partial charge in [0.05, 0.1) is 6.61 Å². The molecule has 0 spiro atoms. The van der Waals surface area contributed by atoms with Crippen molar-refractivity contribution in [2.24, 2.45) is 0 Å². The Labute approximate surface area is 159 Å². The highest BCUT2D eigenvalue weighted by atomic mass is 16.5. The zero-order valence-electron chi connectivity index (χ0n) is 15.7. The van der Waals surface area contributed by atoms with Crippen LogP contribution in [0.3, 0.4) is 0 Å². The van der Waals surface area contributed by atoms with E-state index in [9.17, 15) is 9.59 Å². The molecule has 0 aliphatic carbocycles. The number of ether oxygens (including phenoxy) is 2. The van der Waals surface area contributed by atoms with Crippen molar-refractivity contribution in [2.45, 2.75) is 20.8 Å². The average molecular weight is 368 g/mol. The monoisotopic (exact) mass is 368 g/mol. The van der Waals surface area contributed by atoms with E-state index in [2.05, 4.69) is 10.9 Å². The average Bonchev–Trinajstić information content (AvgIpc) is 2.66. The van der Waals surface area contributed by atoms with Crippen molar-refractivity contribution in [1.29, 1.82) is 0 Å². The van der Waals surface area contributed by atoms with Crippen LogP contribution in [0.25, 0.3) is 6.08 Å². The second-order valence-electron chi connectivity index (χ2n) is 5.90. The number of amides is 2. The van der Waals surface area contributed by atoms with Gasteiger partial charge in [0.25, 0.3) is 11.8 Å². The first-order valence-electron chi connectivity index (χ1n) is 8.68. The topological polar surface area (TPSA) is 76.7 Å². The van der Waals surface area contributed by atoms with Crippen LogP contribution in [0.1, 0.15) is 23.6 Å². The summed E-state index contributed by atoms with van der Waals surface area (Å²) in [6.45, 7) is 6.08. The molecule has 2 aromatic carbocycles. The number of aryl methyl sites for hydroxylation is 2. The summed E-state index contributed by atoms with van der Waals surface area (Å²) in [7, 11) is 0. The number of hydrogen-bond acceptors (Lipinski definition) is 4. The Morgan fingerprint density at radius 3 is 2.56 bits per heavy atom. The predicted octanol–water partition coefficient (Wildman–Crippen LogP) is 2.94. The van der Waals surface area contributed by atoms with Gasteiger partial charge in [-0.25, -0.2) is 0 Å². The van der Waals surface area contributed by atoms with Crippen molar-refractivity contribution in [3.63, 3.8) is 0 Å². The van der Waals surface area contributed by atoms with E-state index in [-0.39, 0.29) is 6.61 Å². The second-order valence-corrected chi connectivity index (χ2v) is 5.90. The fourth-order valence-corrected chi connectivity index (χ4v) is 2.29. The van der Waals surface area contributed by atoms with Gasteiger partial charge < -0.3 is 9.47 Å². The highest BCUT2D eigenvalue weighted by molar-refractivity contribution is 5.93. The summed E-state index contributed by atoms with van der Waals surface area (Å²) in [5, 5.41) is 0. The van der Waals surface area contributed by atoms with Crippen molar-refractivity contribution in [3.05, 3.63) is 65.2 Å². The van der Waals surface area contributed by atoms with Crippen LogP contribution >= 0.6 is 0 Å². The zero-order chi connectivity index (χ0) is 19.6. The van der Waals surface area contributed by atoms with Crippen LogP contribution < -0.4 is 20.3 Å². The molecule has 0 saturated heterocycles. The molecule has 0 heterocycles. The van der Waals surface area contributed by atoms with Crippen molar-refractivity contribution in [2.75, 3.05) is 13.2 Å². The number of nitrogens with one attached hydrogen (secondary N) is 2. The van der Waals surface area contributed by atoms with E-state index in [4.69, 9.17) is 9.47 Å². The molecule has 27 heavy (non-hydrogen) atoms. The van der Waals surface area contributed by atoms with Crippen LogP contribution in [0.2, 0.25) is 0 Å². The Kier molecular flexibility index (Phi) is 7.43. The maximum atomic E-state index is 11.9. The van der Waals surface area contributed by atoms with Crippen molar-refractivity contribution < 1.29 is 19.1 Å². The van der Waals surface area contributed by atoms with Crippen LogP contribution in [0.15, 0.2) is 48.5 Å². The summed E-state index contributed by atoms with van der Waals surface area (Å²) in [6.07, 6.45) is 2.95. The van der Waals surface area contributed by atoms with Gasteiger partial charge in [0.2, 0.25) is 0 Å². The number of para-hydroxylation sites is 1. The number of carbonyl (C=O) groups excluding carboxylic acids is 2. The first kappa shape index (κ1) is 20.0. The normalized spacial score (nSPS) is 10.5. The number of rotatable bonds is 7. The molecule has 0 fully saturated rings. The van der Waals surface area contributed by atoms with Gasteiger partial charge in [-0.15, -0.1) is 0 Å². The maximum absolute atomic E-state index is 11.9. The minimum Gasteiger partial charge on any atom is -0.493 e. The number of benzene rings is 2. The van der Waals surface area contributed by atoms with Gasteiger partial charge in [-0.05, 0) is 50.1 Å². The second kappa shape index (κ2) is 10.0. The lowest BCUT2D eigenvalue weighted by Gasteiger charge is -2.10. The number of carbonyl (C=O) groups is 2. The molecule has 0 bridgehead atoms. The van der Waals surface area contributed by atoms with E-state index in [0.29, 0.717) is 18.1 Å². The molecule has 0 aliphatic rings. The van der Waals surface area contributed by atoms with Gasteiger partial charge in [-0.3, -0.25) is 20.4 Å². The van der Waals surface area contributed by atoms with Crippen LogP contribution in [-0.4, -0.2) is 25.0 Å². The molecule has 0 radical (unpaired) electrons. The fourth-order valence-electron chi connectivity index (χ4n) is 2.29. The Bertz CT molecular complexity index is 831. The predicted molar refractivity (Wildman–Crippen MR) is 104 cm³/mol. The highest BCUT2D eigenvalue weighted by Gasteiger charge is 2.06. The summed E-state index contributed by atoms with van der Waals surface area (Å²) >= 11 is 0. The minimum absolute atomic E-state index is 0.193. The molecule has 0 aromatic heterocycles. The first-order chi connectivity index (χ1) is 13.0. The molecular formula is C21H24N2O4. The quantitative estimate of drug-likeness (QED) is 0.582. The van der Waals surface area contributed by atoms with Gasteiger partial charge in [-0.1, -0.05) is 30.3 Å². The Balaban J connectivity index is 1.81. The first-order valence-corrected chi connectivity index (χ1v) is 8.68. The number of hydrazine groups is 1. The largest absolute Gasteiger partial charge is 0.493 e. The Hall–Kier alpha value is -3.28. The van der Waals surface area contributed by atoms with Crippen molar-refractivity contribution >= 4 is 17.9 Å². The summed E-state index contributed by atoms with van der Waals surface area (Å²) in [6, 6.07) is 13.1. The Morgan fingerprint density at radius 1 is 1.00 bits per heavy atom. The lowest BCUT2D eigenvalue weighted by Crippen LogP contribution is -2.43. The zero-order valence-corrected chi connectivity index (χ0v) is 15.7. The van der Waals surface area contributed by atoms with Crippen LogP contribution in [0, 0.1) is 13.8 Å². The molecule has 0 saturated carbocycles. The molecule has 2 aromatic rings. The van der Waals surface area contributed by atoms with E-state index < -0.39 is 11.8 Å². The van der Waals surface area contributed by atoms with Gasteiger partial charge in [-0.2, -0.15) is 0 Å². The molecule has 6 heteroatoms. The van der Waals surface area contributed by atoms with Crippen molar-refractivity contribution in [3.8, 4) is 11.5 Å². The maximum Gasteiger partial charge on any atom is 0.276 e. The molecule has 0 aliphatic heterocycles. The van der Waals surface area contributed by atoms with Crippen LogP contribution in [-0.2, 0) is 9.59 Å². The summed E-state index contributed by atoms with van der Waals surface area (Å²) in [4.78, 5) is 23.7. The smallest absolute Gasteiger partial charge is 0.276 e. The van der Waals surface area contributed by atoms with Gasteiger partial charge >= 0.3 is 0 Å². The third-order valence-electron chi connectivity index (χ3n) is 3.66. The van der Waals surface area contributed by atoms with E-state index in [0.717, 1.165) is 16.7 Å². The highest BCUT2D eigenvalue weighted by Crippen LogP contribution is 2.19. The lowest BCUT2D eigenvalue weighted by atomic mass is 10.1. The third-order valence-corrected chi connectivity index (χ3v) is 3.66. The Morgan fingerprint density at radius 2 is 1.78 bits per heavy atom. The third kappa shape index (κ3) is 6.51. The van der Waals surface area contributed by atoms with Gasteiger partial charge in [0.1, 0.15) is 11.5 Å². The number of hydrogen-bond donors (Lipinski definition) is 2. The standard InChI is InChI=1S/C21H24N2O4/c1-4-26-18-8-6-5-7-17(18)11-12-20(24)22-23-21(25)14-27-19-13-15(2)9-10-16(19)3/h5-13H,4,14H2,1-3H3,(H,22,24)(H,23,25)/b12-11+.